The van der Waals surface area contributed by atoms with Crippen LogP contribution in [0.5, 0.6) is 5.88 Å². The molecular formula is C31H42BrN10O2P. The van der Waals surface area contributed by atoms with Gasteiger partial charge in [-0.25, -0.2) is 4.98 Å². The average molecular weight is 698 g/mol. The molecule has 1 aliphatic rings. The first kappa shape index (κ1) is 33.0. The van der Waals surface area contributed by atoms with Crippen LogP contribution in [-0.2, 0) is 4.57 Å². The summed E-state index contributed by atoms with van der Waals surface area (Å²) in [5.74, 6) is 2.02. The van der Waals surface area contributed by atoms with Gasteiger partial charge in [-0.3, -0.25) is 14.9 Å². The van der Waals surface area contributed by atoms with E-state index in [9.17, 15) is 4.57 Å². The quantitative estimate of drug-likeness (QED) is 0.152. The standard InChI is InChI=1S/C31H42BrN10O2P/c1-6-7-21(42-18-16-41(2)17-19-42)12-13-34-26-11-10-25(30(39-26)44-3)38-31-36-20-22(32)29(40-31)37-24-9-8-23-27(35-15-14-33-23)28(24)45(4,5)43/h8-11,14-15,20-21H,6-7,12-13,16-19H2,1-5H3,(H,34,39)(H2,36,37,38,40). The number of hydrogen-bond donors (Lipinski definition) is 3. The fourth-order valence-electron chi connectivity index (χ4n) is 5.62. The van der Waals surface area contributed by atoms with E-state index in [2.05, 4.69) is 80.6 Å². The average Bonchev–Trinajstić information content (AvgIpc) is 3.02. The molecule has 1 unspecified atom stereocenters. The van der Waals surface area contributed by atoms with Crippen molar-refractivity contribution in [1.29, 1.82) is 0 Å². The third-order valence-corrected chi connectivity index (χ3v) is 10.0. The number of rotatable bonds is 13. The minimum atomic E-state index is -2.74. The van der Waals surface area contributed by atoms with Crippen molar-refractivity contribution in [3.05, 3.63) is 47.3 Å². The van der Waals surface area contributed by atoms with Crippen LogP contribution in [0.15, 0.2) is 47.3 Å². The first-order chi connectivity index (χ1) is 21.7. The van der Waals surface area contributed by atoms with E-state index in [0.29, 0.717) is 55.9 Å². The summed E-state index contributed by atoms with van der Waals surface area (Å²) in [5.41, 5.74) is 2.56. The highest BCUT2D eigenvalue weighted by atomic mass is 79.9. The summed E-state index contributed by atoms with van der Waals surface area (Å²) < 4.78 is 19.6. The van der Waals surface area contributed by atoms with Crippen LogP contribution >= 0.6 is 23.1 Å². The van der Waals surface area contributed by atoms with Crippen LogP contribution in [0.3, 0.4) is 0 Å². The van der Waals surface area contributed by atoms with Gasteiger partial charge in [0.05, 0.1) is 28.1 Å². The molecule has 4 aromatic rings. The number of halogens is 1. The maximum Gasteiger partial charge on any atom is 0.239 e. The van der Waals surface area contributed by atoms with Crippen molar-refractivity contribution in [2.24, 2.45) is 0 Å². The Bertz CT molecular complexity index is 1660. The third kappa shape index (κ3) is 8.26. The van der Waals surface area contributed by atoms with Gasteiger partial charge in [-0.1, -0.05) is 13.3 Å². The second kappa shape index (κ2) is 14.8. The number of hydrogen-bond acceptors (Lipinski definition) is 12. The Kier molecular flexibility index (Phi) is 10.9. The molecule has 4 heterocycles. The van der Waals surface area contributed by atoms with Crippen molar-refractivity contribution in [2.45, 2.75) is 32.2 Å². The molecule has 1 saturated heterocycles. The van der Waals surface area contributed by atoms with Crippen LogP contribution in [0, 0.1) is 0 Å². The molecule has 5 rings (SSSR count). The molecule has 14 heteroatoms. The number of likely N-dealkylation sites (N-methyl/N-ethyl adjacent to an activating group) is 1. The Morgan fingerprint density at radius 3 is 2.47 bits per heavy atom. The van der Waals surface area contributed by atoms with Gasteiger partial charge in [0.15, 0.2) is 0 Å². The Morgan fingerprint density at radius 2 is 1.73 bits per heavy atom. The molecule has 12 nitrogen and oxygen atoms in total. The van der Waals surface area contributed by atoms with E-state index in [1.165, 1.54) is 12.8 Å². The molecular weight excluding hydrogens is 655 g/mol. The summed E-state index contributed by atoms with van der Waals surface area (Å²) in [6, 6.07) is 8.09. The summed E-state index contributed by atoms with van der Waals surface area (Å²) in [5, 5.41) is 10.7. The van der Waals surface area contributed by atoms with Crippen LogP contribution in [-0.4, -0.2) is 101 Å². The zero-order chi connectivity index (χ0) is 32.0. The number of fused-ring (bicyclic) bond motifs is 1. The number of pyridine rings is 1. The Balaban J connectivity index is 1.28. The van der Waals surface area contributed by atoms with Crippen molar-refractivity contribution < 1.29 is 9.30 Å². The largest absolute Gasteiger partial charge is 0.479 e. The lowest BCUT2D eigenvalue weighted by molar-refractivity contribution is 0.103. The lowest BCUT2D eigenvalue weighted by atomic mass is 10.1. The predicted molar refractivity (Wildman–Crippen MR) is 187 cm³/mol. The normalized spacial score (nSPS) is 15.2. The molecule has 0 spiro atoms. The van der Waals surface area contributed by atoms with Crippen molar-refractivity contribution >= 4 is 68.4 Å². The minimum Gasteiger partial charge on any atom is -0.479 e. The molecule has 0 amide bonds. The number of nitrogens with one attached hydrogen (secondary N) is 3. The van der Waals surface area contributed by atoms with Crippen LogP contribution in [0.25, 0.3) is 11.0 Å². The fraction of sp³-hybridized carbons (Fsp3) is 0.452. The fourth-order valence-corrected chi connectivity index (χ4v) is 7.30. The van der Waals surface area contributed by atoms with Gasteiger partial charge in [0.1, 0.15) is 30.0 Å². The lowest BCUT2D eigenvalue weighted by Gasteiger charge is -2.38. The van der Waals surface area contributed by atoms with Crippen molar-refractivity contribution in [3.63, 3.8) is 0 Å². The molecule has 0 saturated carbocycles. The van der Waals surface area contributed by atoms with E-state index in [-0.39, 0.29) is 0 Å². The molecule has 1 aliphatic heterocycles. The Morgan fingerprint density at radius 1 is 0.978 bits per heavy atom. The molecule has 3 N–H and O–H groups in total. The van der Waals surface area contributed by atoms with E-state index in [0.717, 1.165) is 45.0 Å². The highest BCUT2D eigenvalue weighted by Gasteiger charge is 2.23. The topological polar surface area (TPSA) is 133 Å². The van der Waals surface area contributed by atoms with E-state index >= 15 is 0 Å². The summed E-state index contributed by atoms with van der Waals surface area (Å²) in [4.78, 5) is 27.7. The van der Waals surface area contributed by atoms with Gasteiger partial charge < -0.3 is 30.2 Å². The van der Waals surface area contributed by atoms with Gasteiger partial charge in [-0.2, -0.15) is 9.97 Å². The molecule has 45 heavy (non-hydrogen) atoms. The SMILES string of the molecule is CCCC(CCNc1ccc(Nc2ncc(Br)c(Nc3ccc4nccnc4c3P(C)(C)=O)n2)c(OC)n1)N1CCN(C)CC1. The highest BCUT2D eigenvalue weighted by Crippen LogP contribution is 2.41. The Labute approximate surface area is 273 Å². The molecule has 1 fully saturated rings. The highest BCUT2D eigenvalue weighted by molar-refractivity contribution is 9.10. The van der Waals surface area contributed by atoms with Gasteiger partial charge in [-0.05, 0) is 73.4 Å². The molecule has 0 radical (unpaired) electrons. The molecule has 1 atom stereocenters. The summed E-state index contributed by atoms with van der Waals surface area (Å²) >= 11 is 3.54. The molecule has 1 aromatic carbocycles. The molecule has 0 aliphatic carbocycles. The van der Waals surface area contributed by atoms with Gasteiger partial charge in [-0.15, -0.1) is 0 Å². The number of anilines is 5. The number of aromatic nitrogens is 5. The number of methoxy groups -OCH3 is 1. The van der Waals surface area contributed by atoms with Gasteiger partial charge in [0, 0.05) is 57.4 Å². The van der Waals surface area contributed by atoms with Gasteiger partial charge >= 0.3 is 0 Å². The molecule has 0 bridgehead atoms. The van der Waals surface area contributed by atoms with Crippen molar-refractivity contribution in [3.8, 4) is 5.88 Å². The minimum absolute atomic E-state index is 0.342. The third-order valence-electron chi connectivity index (χ3n) is 7.91. The van der Waals surface area contributed by atoms with Crippen LogP contribution in [0.4, 0.5) is 29.0 Å². The first-order valence-corrected chi connectivity index (χ1v) is 18.6. The number of benzene rings is 1. The summed E-state index contributed by atoms with van der Waals surface area (Å²) in [7, 11) is 1.05. The van der Waals surface area contributed by atoms with Crippen molar-refractivity contribution in [1.82, 2.24) is 34.7 Å². The molecule has 3 aromatic heterocycles. The zero-order valence-corrected chi connectivity index (χ0v) is 29.0. The lowest BCUT2D eigenvalue weighted by Crippen LogP contribution is -2.49. The maximum absolute atomic E-state index is 13.3. The van der Waals surface area contributed by atoms with Crippen LogP contribution < -0.4 is 26.0 Å². The van der Waals surface area contributed by atoms with Crippen LogP contribution in [0.2, 0.25) is 0 Å². The first-order valence-electron chi connectivity index (χ1n) is 15.2. The van der Waals surface area contributed by atoms with E-state index in [4.69, 9.17) is 4.74 Å². The maximum atomic E-state index is 13.3. The van der Waals surface area contributed by atoms with Gasteiger partial charge in [0.2, 0.25) is 11.8 Å². The second-order valence-corrected chi connectivity index (χ2v) is 15.6. The number of piperazine rings is 1. The van der Waals surface area contributed by atoms with Crippen LogP contribution in [0.1, 0.15) is 26.2 Å². The summed E-state index contributed by atoms with van der Waals surface area (Å²) in [6.45, 7) is 11.0. The van der Waals surface area contributed by atoms with E-state index in [1.54, 1.807) is 39.0 Å². The molecule has 240 valence electrons. The monoisotopic (exact) mass is 696 g/mol. The number of ether oxygens (including phenoxy) is 1. The van der Waals surface area contributed by atoms with E-state index in [1.807, 2.05) is 24.3 Å². The van der Waals surface area contributed by atoms with Crippen molar-refractivity contribution in [2.75, 3.05) is 76.2 Å². The van der Waals surface area contributed by atoms with Gasteiger partial charge in [0.25, 0.3) is 0 Å². The smallest absolute Gasteiger partial charge is 0.239 e. The van der Waals surface area contributed by atoms with E-state index < -0.39 is 7.14 Å². The second-order valence-electron chi connectivity index (χ2n) is 11.6. The predicted octanol–water partition coefficient (Wildman–Crippen LogP) is 5.54. The summed E-state index contributed by atoms with van der Waals surface area (Å²) in [6.07, 6.45) is 8.31. The Hall–Kier alpha value is -3.38. The zero-order valence-electron chi connectivity index (χ0n) is 26.5. The number of nitrogens with zero attached hydrogens (tertiary/aromatic N) is 7.